The van der Waals surface area contributed by atoms with E-state index in [1.54, 1.807) is 0 Å². The van der Waals surface area contributed by atoms with E-state index >= 15 is 0 Å². The number of aryl methyl sites for hydroxylation is 1. The molecule has 1 unspecified atom stereocenters. The molecule has 1 amide bonds. The van der Waals surface area contributed by atoms with E-state index in [1.807, 2.05) is 48.8 Å². The number of nitrogens with one attached hydrogen (secondary N) is 1. The van der Waals surface area contributed by atoms with E-state index < -0.39 is 0 Å². The van der Waals surface area contributed by atoms with E-state index in [0.717, 1.165) is 35.5 Å². The summed E-state index contributed by atoms with van der Waals surface area (Å²) in [5.74, 6) is 2.37. The van der Waals surface area contributed by atoms with E-state index in [0.29, 0.717) is 6.04 Å². The van der Waals surface area contributed by atoms with Crippen molar-refractivity contribution in [2.75, 3.05) is 30.4 Å². The van der Waals surface area contributed by atoms with E-state index in [-0.39, 0.29) is 5.91 Å². The average Bonchev–Trinajstić information content (AvgIpc) is 2.93. The van der Waals surface area contributed by atoms with Gasteiger partial charge in [-0.3, -0.25) is 4.79 Å². The number of rotatable bonds is 4. The van der Waals surface area contributed by atoms with Gasteiger partial charge in [0.05, 0.1) is 0 Å². The molecule has 1 saturated heterocycles. The van der Waals surface area contributed by atoms with Crippen LogP contribution in [-0.4, -0.2) is 41.9 Å². The molecule has 4 heteroatoms. The Hall–Kier alpha value is -1.16. The second-order valence-electron chi connectivity index (χ2n) is 4.99. The molecule has 0 spiro atoms. The summed E-state index contributed by atoms with van der Waals surface area (Å²) in [4.78, 5) is 14.4. The molecular weight excluding hydrogens is 256 g/mol. The molecule has 0 aliphatic carbocycles. The number of thioether (sulfide) groups is 1. The van der Waals surface area contributed by atoms with Crippen LogP contribution >= 0.6 is 11.8 Å². The molecule has 1 atom stereocenters. The zero-order valence-corrected chi connectivity index (χ0v) is 12.7. The Morgan fingerprint density at radius 3 is 2.89 bits per heavy atom. The van der Waals surface area contributed by atoms with Gasteiger partial charge in [-0.15, -0.1) is 0 Å². The van der Waals surface area contributed by atoms with Crippen LogP contribution < -0.4 is 5.32 Å². The van der Waals surface area contributed by atoms with Crippen molar-refractivity contribution >= 4 is 23.4 Å². The van der Waals surface area contributed by atoms with Crippen LogP contribution in [0, 0.1) is 6.92 Å². The van der Waals surface area contributed by atoms with Gasteiger partial charge in [-0.25, -0.2) is 0 Å². The standard InChI is InChI=1S/C15H22N2OS/c1-4-16-14-6-5-12(9-11(14)2)15(18)17(3)13-7-8-19-10-13/h5-6,9,13,16H,4,7-8,10H2,1-3H3. The molecule has 0 radical (unpaired) electrons. The highest BCUT2D eigenvalue weighted by molar-refractivity contribution is 7.99. The molecule has 19 heavy (non-hydrogen) atoms. The lowest BCUT2D eigenvalue weighted by Crippen LogP contribution is -2.37. The van der Waals surface area contributed by atoms with Crippen LogP contribution in [0.4, 0.5) is 5.69 Å². The Balaban J connectivity index is 2.12. The fourth-order valence-corrected chi connectivity index (χ4v) is 3.65. The van der Waals surface area contributed by atoms with Gasteiger partial charge in [0.1, 0.15) is 0 Å². The number of carbonyl (C=O) groups is 1. The van der Waals surface area contributed by atoms with Crippen LogP contribution in [0.5, 0.6) is 0 Å². The van der Waals surface area contributed by atoms with Gasteiger partial charge in [0, 0.05) is 36.6 Å². The number of hydrogen-bond acceptors (Lipinski definition) is 3. The maximum Gasteiger partial charge on any atom is 0.253 e. The highest BCUT2D eigenvalue weighted by Gasteiger charge is 2.24. The normalized spacial score (nSPS) is 18.4. The van der Waals surface area contributed by atoms with Crippen molar-refractivity contribution in [2.45, 2.75) is 26.3 Å². The predicted molar refractivity (Wildman–Crippen MR) is 83.2 cm³/mol. The van der Waals surface area contributed by atoms with E-state index in [4.69, 9.17) is 0 Å². The molecule has 1 aromatic rings. The van der Waals surface area contributed by atoms with Gasteiger partial charge in [0.2, 0.25) is 0 Å². The van der Waals surface area contributed by atoms with E-state index in [1.165, 1.54) is 5.75 Å². The second kappa shape index (κ2) is 6.33. The van der Waals surface area contributed by atoms with Crippen molar-refractivity contribution in [2.24, 2.45) is 0 Å². The van der Waals surface area contributed by atoms with Crippen molar-refractivity contribution in [1.29, 1.82) is 0 Å². The van der Waals surface area contributed by atoms with Crippen molar-refractivity contribution in [3.63, 3.8) is 0 Å². The summed E-state index contributed by atoms with van der Waals surface area (Å²) in [6.07, 6.45) is 1.11. The lowest BCUT2D eigenvalue weighted by atomic mass is 10.1. The summed E-state index contributed by atoms with van der Waals surface area (Å²) >= 11 is 1.93. The number of carbonyl (C=O) groups excluding carboxylic acids is 1. The predicted octanol–water partition coefficient (Wildman–Crippen LogP) is 3.00. The molecule has 1 fully saturated rings. The Bertz CT molecular complexity index is 455. The number of anilines is 1. The Morgan fingerprint density at radius 2 is 2.32 bits per heavy atom. The van der Waals surface area contributed by atoms with Crippen LogP contribution in [0.2, 0.25) is 0 Å². The van der Waals surface area contributed by atoms with Gasteiger partial charge < -0.3 is 10.2 Å². The van der Waals surface area contributed by atoms with Gasteiger partial charge >= 0.3 is 0 Å². The largest absolute Gasteiger partial charge is 0.385 e. The second-order valence-corrected chi connectivity index (χ2v) is 6.14. The molecule has 1 heterocycles. The zero-order valence-electron chi connectivity index (χ0n) is 11.9. The summed E-state index contributed by atoms with van der Waals surface area (Å²) in [7, 11) is 1.92. The highest BCUT2D eigenvalue weighted by atomic mass is 32.2. The van der Waals surface area contributed by atoms with Crippen LogP contribution in [0.3, 0.4) is 0 Å². The van der Waals surface area contributed by atoms with Crippen LogP contribution in [0.1, 0.15) is 29.3 Å². The van der Waals surface area contributed by atoms with Gasteiger partial charge in [0.15, 0.2) is 0 Å². The maximum absolute atomic E-state index is 12.4. The minimum Gasteiger partial charge on any atom is -0.385 e. The average molecular weight is 278 g/mol. The smallest absolute Gasteiger partial charge is 0.253 e. The number of benzene rings is 1. The van der Waals surface area contributed by atoms with Crippen molar-refractivity contribution in [3.05, 3.63) is 29.3 Å². The summed E-state index contributed by atoms with van der Waals surface area (Å²) in [5.41, 5.74) is 3.03. The first-order valence-corrected chi connectivity index (χ1v) is 7.98. The fourth-order valence-electron chi connectivity index (χ4n) is 2.38. The number of hydrogen-bond donors (Lipinski definition) is 1. The lowest BCUT2D eigenvalue weighted by molar-refractivity contribution is 0.0748. The molecule has 1 aromatic carbocycles. The van der Waals surface area contributed by atoms with E-state index in [2.05, 4.69) is 12.2 Å². The van der Waals surface area contributed by atoms with Crippen molar-refractivity contribution in [3.8, 4) is 0 Å². The molecule has 0 saturated carbocycles. The molecule has 104 valence electrons. The topological polar surface area (TPSA) is 32.3 Å². The Labute approximate surface area is 119 Å². The van der Waals surface area contributed by atoms with Gasteiger partial charge in [-0.05, 0) is 49.8 Å². The first-order valence-electron chi connectivity index (χ1n) is 6.83. The zero-order chi connectivity index (χ0) is 13.8. The van der Waals surface area contributed by atoms with Crippen molar-refractivity contribution in [1.82, 2.24) is 4.90 Å². The fraction of sp³-hybridized carbons (Fsp3) is 0.533. The third kappa shape index (κ3) is 3.24. The summed E-state index contributed by atoms with van der Waals surface area (Å²) < 4.78 is 0. The molecule has 1 aliphatic heterocycles. The first kappa shape index (κ1) is 14.3. The third-order valence-electron chi connectivity index (χ3n) is 3.61. The minimum atomic E-state index is 0.138. The molecular formula is C15H22N2OS. The Morgan fingerprint density at radius 1 is 1.53 bits per heavy atom. The molecule has 2 rings (SSSR count). The number of nitrogens with zero attached hydrogens (tertiary/aromatic N) is 1. The summed E-state index contributed by atoms with van der Waals surface area (Å²) in [5, 5.41) is 3.30. The quantitative estimate of drug-likeness (QED) is 0.919. The molecule has 0 aromatic heterocycles. The monoisotopic (exact) mass is 278 g/mol. The Kier molecular flexibility index (Phi) is 4.75. The molecule has 0 bridgehead atoms. The highest BCUT2D eigenvalue weighted by Crippen LogP contribution is 2.23. The third-order valence-corrected chi connectivity index (χ3v) is 4.76. The van der Waals surface area contributed by atoms with E-state index in [9.17, 15) is 4.79 Å². The summed E-state index contributed by atoms with van der Waals surface area (Å²) in [6.45, 7) is 5.01. The van der Waals surface area contributed by atoms with Gasteiger partial charge in [-0.1, -0.05) is 0 Å². The van der Waals surface area contributed by atoms with Crippen LogP contribution in [0.25, 0.3) is 0 Å². The van der Waals surface area contributed by atoms with Crippen LogP contribution in [-0.2, 0) is 0 Å². The SMILES string of the molecule is CCNc1ccc(C(=O)N(C)C2CCSC2)cc1C. The van der Waals surface area contributed by atoms with Gasteiger partial charge in [0.25, 0.3) is 5.91 Å². The van der Waals surface area contributed by atoms with Crippen molar-refractivity contribution < 1.29 is 4.79 Å². The molecule has 3 nitrogen and oxygen atoms in total. The maximum atomic E-state index is 12.4. The summed E-state index contributed by atoms with van der Waals surface area (Å²) in [6, 6.07) is 6.31. The lowest BCUT2D eigenvalue weighted by Gasteiger charge is -2.24. The van der Waals surface area contributed by atoms with Gasteiger partial charge in [-0.2, -0.15) is 11.8 Å². The number of amides is 1. The first-order chi connectivity index (χ1) is 9.13. The minimum absolute atomic E-state index is 0.138. The molecule has 1 aliphatic rings. The molecule has 1 N–H and O–H groups in total. The van der Waals surface area contributed by atoms with Crippen LogP contribution in [0.15, 0.2) is 18.2 Å².